The van der Waals surface area contributed by atoms with Crippen LogP contribution in [0.15, 0.2) is 0 Å². The van der Waals surface area contributed by atoms with Crippen LogP contribution >= 0.6 is 0 Å². The number of hydrogen-bond donors (Lipinski definition) is 0. The molecule has 0 heterocycles. The van der Waals surface area contributed by atoms with Gasteiger partial charge in [-0.3, -0.25) is 9.63 Å². The minimum atomic E-state index is 0.507. The van der Waals surface area contributed by atoms with E-state index in [2.05, 4.69) is 0 Å². The molecule has 0 saturated carbocycles. The van der Waals surface area contributed by atoms with Gasteiger partial charge in [-0.05, 0) is 19.8 Å². The maximum absolute atomic E-state index is 10.4. The van der Waals surface area contributed by atoms with E-state index < -0.39 is 0 Å². The second-order valence-corrected chi connectivity index (χ2v) is 2.68. The fourth-order valence-electron chi connectivity index (χ4n) is 0.986. The van der Waals surface area contributed by atoms with E-state index >= 15 is 0 Å². The van der Waals surface area contributed by atoms with Gasteiger partial charge in [0.05, 0.1) is 6.61 Å². The third kappa shape index (κ3) is 7.46. The molecular weight excluding hydrogens is 170 g/mol. The molecule has 0 atom stereocenters. The summed E-state index contributed by atoms with van der Waals surface area (Å²) in [5, 5.41) is 1.29. The first-order valence-electron chi connectivity index (χ1n) is 4.63. The highest BCUT2D eigenvalue weighted by atomic mass is 16.7. The molecule has 0 aromatic rings. The first-order valence-corrected chi connectivity index (χ1v) is 4.63. The Morgan fingerprint density at radius 2 is 2.00 bits per heavy atom. The van der Waals surface area contributed by atoms with Gasteiger partial charge in [-0.1, -0.05) is 6.42 Å². The number of nitrogens with zero attached hydrogens (tertiary/aromatic N) is 1. The van der Waals surface area contributed by atoms with Gasteiger partial charge in [0.25, 0.3) is 0 Å². The molecule has 1 amide bonds. The standard InChI is InChI=1S/C9H17NO3/c1-2-13-10(9-12)7-5-3-4-6-8-11/h8-9H,2-7H2,1H3. The summed E-state index contributed by atoms with van der Waals surface area (Å²) < 4.78 is 0. The fraction of sp³-hybridized carbons (Fsp3) is 0.778. The lowest BCUT2D eigenvalue weighted by atomic mass is 10.2. The van der Waals surface area contributed by atoms with Gasteiger partial charge in [-0.15, -0.1) is 0 Å². The molecule has 0 fully saturated rings. The van der Waals surface area contributed by atoms with Gasteiger partial charge in [0.1, 0.15) is 6.29 Å². The Bertz CT molecular complexity index is 139. The van der Waals surface area contributed by atoms with Gasteiger partial charge in [-0.2, -0.15) is 0 Å². The van der Waals surface area contributed by atoms with Crippen molar-refractivity contribution < 1.29 is 14.4 Å². The first kappa shape index (κ1) is 12.1. The Balaban J connectivity index is 3.27. The molecule has 0 rings (SSSR count). The Morgan fingerprint density at radius 1 is 1.23 bits per heavy atom. The van der Waals surface area contributed by atoms with Crippen molar-refractivity contribution in [1.29, 1.82) is 0 Å². The second kappa shape index (κ2) is 9.19. The number of unbranched alkanes of at least 4 members (excludes halogenated alkanes) is 3. The molecule has 76 valence electrons. The van der Waals surface area contributed by atoms with Crippen molar-refractivity contribution in [3.8, 4) is 0 Å². The molecule has 0 saturated heterocycles. The van der Waals surface area contributed by atoms with Crippen molar-refractivity contribution >= 4 is 12.7 Å². The van der Waals surface area contributed by atoms with Crippen molar-refractivity contribution in [3.05, 3.63) is 0 Å². The number of carbonyl (C=O) groups is 2. The van der Waals surface area contributed by atoms with Crippen LogP contribution in [0.25, 0.3) is 0 Å². The van der Waals surface area contributed by atoms with Crippen LogP contribution in [-0.4, -0.2) is 30.9 Å². The van der Waals surface area contributed by atoms with Gasteiger partial charge < -0.3 is 4.79 Å². The Hall–Kier alpha value is -0.900. The normalized spacial score (nSPS) is 9.62. The van der Waals surface area contributed by atoms with Gasteiger partial charge >= 0.3 is 0 Å². The van der Waals surface area contributed by atoms with Crippen LogP contribution in [-0.2, 0) is 14.4 Å². The third-order valence-electron chi connectivity index (χ3n) is 1.61. The van der Waals surface area contributed by atoms with Crippen molar-refractivity contribution in [2.75, 3.05) is 13.2 Å². The molecule has 0 unspecified atom stereocenters. The number of hydroxylamine groups is 2. The summed E-state index contributed by atoms with van der Waals surface area (Å²) in [7, 11) is 0. The second-order valence-electron chi connectivity index (χ2n) is 2.68. The molecule has 13 heavy (non-hydrogen) atoms. The first-order chi connectivity index (χ1) is 6.35. The lowest BCUT2D eigenvalue weighted by Gasteiger charge is -2.14. The van der Waals surface area contributed by atoms with Crippen LogP contribution in [0.4, 0.5) is 0 Å². The number of hydrogen-bond acceptors (Lipinski definition) is 3. The summed E-state index contributed by atoms with van der Waals surface area (Å²) in [6.07, 6.45) is 4.93. The minimum absolute atomic E-state index is 0.507. The highest BCUT2D eigenvalue weighted by Crippen LogP contribution is 1.99. The highest BCUT2D eigenvalue weighted by Gasteiger charge is 1.99. The Morgan fingerprint density at radius 3 is 2.54 bits per heavy atom. The number of amides is 1. The smallest absolute Gasteiger partial charge is 0.233 e. The van der Waals surface area contributed by atoms with E-state index in [1.54, 1.807) is 0 Å². The van der Waals surface area contributed by atoms with E-state index in [0.717, 1.165) is 25.5 Å². The van der Waals surface area contributed by atoms with Gasteiger partial charge in [0.2, 0.25) is 6.41 Å². The zero-order valence-electron chi connectivity index (χ0n) is 8.07. The van der Waals surface area contributed by atoms with Crippen LogP contribution < -0.4 is 0 Å². The zero-order chi connectivity index (χ0) is 9.94. The summed E-state index contributed by atoms with van der Waals surface area (Å²) >= 11 is 0. The predicted octanol–water partition coefficient (Wildman–Crippen LogP) is 1.16. The number of aldehydes is 1. The van der Waals surface area contributed by atoms with Crippen LogP contribution in [0.3, 0.4) is 0 Å². The fourth-order valence-corrected chi connectivity index (χ4v) is 0.986. The average Bonchev–Trinajstić information content (AvgIpc) is 2.16. The molecule has 0 bridgehead atoms. The van der Waals surface area contributed by atoms with E-state index in [9.17, 15) is 9.59 Å². The van der Waals surface area contributed by atoms with E-state index in [1.165, 1.54) is 5.06 Å². The van der Waals surface area contributed by atoms with Crippen molar-refractivity contribution in [3.63, 3.8) is 0 Å². The van der Waals surface area contributed by atoms with Gasteiger partial charge in [0.15, 0.2) is 0 Å². The monoisotopic (exact) mass is 187 g/mol. The summed E-state index contributed by atoms with van der Waals surface area (Å²) in [5.74, 6) is 0. The van der Waals surface area contributed by atoms with Crippen molar-refractivity contribution in [2.45, 2.75) is 32.6 Å². The molecule has 0 aromatic heterocycles. The molecule has 4 nitrogen and oxygen atoms in total. The van der Waals surface area contributed by atoms with E-state index in [0.29, 0.717) is 26.0 Å². The number of carbonyl (C=O) groups excluding carboxylic acids is 2. The topological polar surface area (TPSA) is 46.6 Å². The molecule has 0 spiro atoms. The molecule has 0 radical (unpaired) electrons. The Labute approximate surface area is 78.8 Å². The quantitative estimate of drug-likeness (QED) is 0.309. The zero-order valence-corrected chi connectivity index (χ0v) is 8.07. The van der Waals surface area contributed by atoms with Crippen LogP contribution in [0.1, 0.15) is 32.6 Å². The molecular formula is C9H17NO3. The molecule has 0 aliphatic carbocycles. The Kier molecular flexibility index (Phi) is 8.55. The van der Waals surface area contributed by atoms with Gasteiger partial charge in [-0.25, -0.2) is 5.06 Å². The molecule has 0 aromatic carbocycles. The molecule has 4 heteroatoms. The maximum atomic E-state index is 10.4. The summed E-state index contributed by atoms with van der Waals surface area (Å²) in [4.78, 5) is 25.3. The van der Waals surface area contributed by atoms with E-state index in [4.69, 9.17) is 4.84 Å². The number of rotatable bonds is 9. The molecule has 0 aliphatic rings. The SMILES string of the molecule is CCON(C=O)CCCCCC=O. The summed E-state index contributed by atoms with van der Waals surface area (Å²) in [6, 6.07) is 0. The van der Waals surface area contributed by atoms with Gasteiger partial charge in [0, 0.05) is 13.0 Å². The van der Waals surface area contributed by atoms with E-state index in [-0.39, 0.29) is 0 Å². The van der Waals surface area contributed by atoms with Crippen LogP contribution in [0.2, 0.25) is 0 Å². The molecule has 0 aliphatic heterocycles. The maximum Gasteiger partial charge on any atom is 0.233 e. The minimum Gasteiger partial charge on any atom is -0.303 e. The lowest BCUT2D eigenvalue weighted by molar-refractivity contribution is -0.170. The lowest BCUT2D eigenvalue weighted by Crippen LogP contribution is -2.23. The van der Waals surface area contributed by atoms with Crippen LogP contribution in [0.5, 0.6) is 0 Å². The third-order valence-corrected chi connectivity index (χ3v) is 1.61. The van der Waals surface area contributed by atoms with Crippen LogP contribution in [0, 0.1) is 0 Å². The summed E-state index contributed by atoms with van der Waals surface area (Å²) in [5.41, 5.74) is 0. The average molecular weight is 187 g/mol. The largest absolute Gasteiger partial charge is 0.303 e. The van der Waals surface area contributed by atoms with Crippen molar-refractivity contribution in [2.24, 2.45) is 0 Å². The molecule has 0 N–H and O–H groups in total. The summed E-state index contributed by atoms with van der Waals surface area (Å²) in [6.45, 7) is 2.95. The predicted molar refractivity (Wildman–Crippen MR) is 48.9 cm³/mol. The van der Waals surface area contributed by atoms with Crippen molar-refractivity contribution in [1.82, 2.24) is 5.06 Å². The highest BCUT2D eigenvalue weighted by molar-refractivity contribution is 5.48. The van der Waals surface area contributed by atoms with E-state index in [1.807, 2.05) is 6.92 Å².